The molecule has 0 aliphatic rings. The predicted molar refractivity (Wildman–Crippen MR) is 116 cm³/mol. The summed E-state index contributed by atoms with van der Waals surface area (Å²) >= 11 is 5.91. The lowest BCUT2D eigenvalue weighted by Crippen LogP contribution is -2.25. The van der Waals surface area contributed by atoms with Gasteiger partial charge in [-0.05, 0) is 49.2 Å². The molecular formula is C22H26ClFN4. The van der Waals surface area contributed by atoms with Gasteiger partial charge in [0.25, 0.3) is 0 Å². The minimum absolute atomic E-state index is 0.0781. The number of hydrogen-bond acceptors (Lipinski definition) is 4. The highest BCUT2D eigenvalue weighted by Gasteiger charge is 2.11. The summed E-state index contributed by atoms with van der Waals surface area (Å²) in [4.78, 5) is 11.2. The molecule has 0 atom stereocenters. The third-order valence-electron chi connectivity index (χ3n) is 4.73. The number of benzene rings is 2. The van der Waals surface area contributed by atoms with E-state index in [1.165, 1.54) is 18.1 Å². The van der Waals surface area contributed by atoms with Crippen LogP contribution in [0.3, 0.4) is 0 Å². The predicted octanol–water partition coefficient (Wildman–Crippen LogP) is 6.57. The maximum Gasteiger partial charge on any atom is 0.141 e. The number of nitrogens with zero attached hydrogens (tertiary/aromatic N) is 3. The van der Waals surface area contributed by atoms with Crippen LogP contribution in [0.5, 0.6) is 0 Å². The number of nitrogens with one attached hydrogen (secondary N) is 1. The Bertz CT molecular complexity index is 924. The first-order valence-electron chi connectivity index (χ1n) is 9.84. The summed E-state index contributed by atoms with van der Waals surface area (Å²) in [7, 11) is 0. The van der Waals surface area contributed by atoms with Gasteiger partial charge in [-0.3, -0.25) is 0 Å². The molecule has 1 N–H and O–H groups in total. The van der Waals surface area contributed by atoms with Crippen LogP contribution in [-0.4, -0.2) is 23.1 Å². The van der Waals surface area contributed by atoms with Crippen LogP contribution in [0.2, 0.25) is 5.02 Å². The third-order valence-corrected chi connectivity index (χ3v) is 5.02. The number of unbranched alkanes of at least 4 members (excludes halogenated alkanes) is 2. The number of anilines is 3. The Morgan fingerprint density at radius 1 is 1.00 bits per heavy atom. The fraction of sp³-hybridized carbons (Fsp3) is 0.364. The topological polar surface area (TPSA) is 41.1 Å². The van der Waals surface area contributed by atoms with E-state index in [2.05, 4.69) is 46.2 Å². The van der Waals surface area contributed by atoms with Gasteiger partial charge >= 0.3 is 0 Å². The molecule has 0 unspecified atom stereocenters. The fourth-order valence-corrected chi connectivity index (χ4v) is 3.30. The van der Waals surface area contributed by atoms with Gasteiger partial charge in [-0.15, -0.1) is 0 Å². The minimum Gasteiger partial charge on any atom is -0.372 e. The second-order valence-corrected chi connectivity index (χ2v) is 7.28. The van der Waals surface area contributed by atoms with Crippen LogP contribution < -0.4 is 10.2 Å². The standard InChI is InChI=1S/C22H26ClFN4/c1-3-5-11-28(12-6-4-2)17-8-10-21-18(14-17)22(26-15-25-21)27-16-7-9-20(24)19(23)13-16/h7-10,13-15H,3-6,11-12H2,1-2H3,(H,25,26,27). The van der Waals surface area contributed by atoms with Gasteiger partial charge in [-0.1, -0.05) is 38.3 Å². The zero-order valence-corrected chi connectivity index (χ0v) is 17.1. The molecular weight excluding hydrogens is 375 g/mol. The summed E-state index contributed by atoms with van der Waals surface area (Å²) in [6, 6.07) is 10.8. The van der Waals surface area contributed by atoms with Crippen LogP contribution in [0.4, 0.5) is 21.6 Å². The number of aromatic nitrogens is 2. The average molecular weight is 401 g/mol. The van der Waals surface area contributed by atoms with E-state index in [4.69, 9.17) is 11.6 Å². The summed E-state index contributed by atoms with van der Waals surface area (Å²) in [5.41, 5.74) is 2.72. The molecule has 0 amide bonds. The highest BCUT2D eigenvalue weighted by atomic mass is 35.5. The van der Waals surface area contributed by atoms with Crippen LogP contribution in [0.25, 0.3) is 10.9 Å². The van der Waals surface area contributed by atoms with Gasteiger partial charge in [-0.25, -0.2) is 14.4 Å². The van der Waals surface area contributed by atoms with E-state index in [9.17, 15) is 4.39 Å². The molecule has 0 aliphatic carbocycles. The maximum atomic E-state index is 13.4. The van der Waals surface area contributed by atoms with E-state index in [0.29, 0.717) is 11.5 Å². The molecule has 3 rings (SSSR count). The molecule has 0 fully saturated rings. The molecule has 0 bridgehead atoms. The zero-order valence-electron chi connectivity index (χ0n) is 16.4. The lowest BCUT2D eigenvalue weighted by Gasteiger charge is -2.25. The van der Waals surface area contributed by atoms with Crippen molar-refractivity contribution < 1.29 is 4.39 Å². The van der Waals surface area contributed by atoms with E-state index in [1.54, 1.807) is 12.1 Å². The lowest BCUT2D eigenvalue weighted by molar-refractivity contribution is 0.628. The number of fused-ring (bicyclic) bond motifs is 1. The van der Waals surface area contributed by atoms with Crippen molar-refractivity contribution in [1.82, 2.24) is 9.97 Å². The average Bonchev–Trinajstić information content (AvgIpc) is 2.71. The van der Waals surface area contributed by atoms with Crippen LogP contribution in [0.1, 0.15) is 39.5 Å². The third kappa shape index (κ3) is 4.90. The number of halogens is 2. The monoisotopic (exact) mass is 400 g/mol. The summed E-state index contributed by atoms with van der Waals surface area (Å²) in [5.74, 6) is 0.241. The van der Waals surface area contributed by atoms with Gasteiger partial charge in [0.05, 0.1) is 10.5 Å². The van der Waals surface area contributed by atoms with E-state index in [1.807, 2.05) is 6.07 Å². The molecule has 0 radical (unpaired) electrons. The van der Waals surface area contributed by atoms with Crippen molar-refractivity contribution >= 4 is 39.7 Å². The van der Waals surface area contributed by atoms with Crippen molar-refractivity contribution in [1.29, 1.82) is 0 Å². The SMILES string of the molecule is CCCCN(CCCC)c1ccc2ncnc(Nc3ccc(F)c(Cl)c3)c2c1. The quantitative estimate of drug-likeness (QED) is 0.440. The molecule has 3 aromatic rings. The van der Waals surface area contributed by atoms with E-state index >= 15 is 0 Å². The highest BCUT2D eigenvalue weighted by Crippen LogP contribution is 2.29. The molecule has 28 heavy (non-hydrogen) atoms. The Labute approximate surface area is 170 Å². The molecule has 148 valence electrons. The van der Waals surface area contributed by atoms with Crippen LogP contribution in [-0.2, 0) is 0 Å². The van der Waals surface area contributed by atoms with Crippen LogP contribution in [0, 0.1) is 5.82 Å². The summed E-state index contributed by atoms with van der Waals surface area (Å²) < 4.78 is 13.4. The van der Waals surface area contributed by atoms with Gasteiger partial charge in [0.1, 0.15) is 18.0 Å². The molecule has 2 aromatic carbocycles. The highest BCUT2D eigenvalue weighted by molar-refractivity contribution is 6.31. The van der Waals surface area contributed by atoms with Crippen molar-refractivity contribution in [2.45, 2.75) is 39.5 Å². The van der Waals surface area contributed by atoms with Crippen LogP contribution >= 0.6 is 11.6 Å². The fourth-order valence-electron chi connectivity index (χ4n) is 3.12. The maximum absolute atomic E-state index is 13.4. The van der Waals surface area contributed by atoms with E-state index in [0.717, 1.165) is 49.7 Å². The smallest absolute Gasteiger partial charge is 0.141 e. The van der Waals surface area contributed by atoms with E-state index in [-0.39, 0.29) is 5.02 Å². The van der Waals surface area contributed by atoms with Gasteiger partial charge < -0.3 is 10.2 Å². The second kappa shape index (κ2) is 9.69. The Hall–Kier alpha value is -2.40. The molecule has 0 saturated heterocycles. The largest absolute Gasteiger partial charge is 0.372 e. The number of hydrogen-bond donors (Lipinski definition) is 1. The first kappa shape index (κ1) is 20.3. The molecule has 6 heteroatoms. The Morgan fingerprint density at radius 3 is 2.43 bits per heavy atom. The van der Waals surface area contributed by atoms with Crippen molar-refractivity contribution in [2.75, 3.05) is 23.3 Å². The summed E-state index contributed by atoms with van der Waals surface area (Å²) in [6.45, 7) is 6.49. The van der Waals surface area contributed by atoms with E-state index < -0.39 is 5.82 Å². The minimum atomic E-state index is -0.440. The van der Waals surface area contributed by atoms with Gasteiger partial charge in [0.15, 0.2) is 0 Å². The molecule has 0 spiro atoms. The van der Waals surface area contributed by atoms with Gasteiger partial charge in [0.2, 0.25) is 0 Å². The van der Waals surface area contributed by atoms with Crippen molar-refractivity contribution in [3.63, 3.8) is 0 Å². The van der Waals surface area contributed by atoms with Crippen LogP contribution in [0.15, 0.2) is 42.7 Å². The van der Waals surface area contributed by atoms with Crippen molar-refractivity contribution in [3.05, 3.63) is 53.6 Å². The lowest BCUT2D eigenvalue weighted by atomic mass is 10.1. The zero-order chi connectivity index (χ0) is 19.9. The first-order valence-corrected chi connectivity index (χ1v) is 10.2. The normalized spacial score (nSPS) is 11.0. The Balaban J connectivity index is 1.94. The van der Waals surface area contributed by atoms with Crippen molar-refractivity contribution in [3.8, 4) is 0 Å². The second-order valence-electron chi connectivity index (χ2n) is 6.87. The van der Waals surface area contributed by atoms with Gasteiger partial charge in [0, 0.05) is 29.9 Å². The Morgan fingerprint density at radius 2 is 1.75 bits per heavy atom. The molecule has 1 heterocycles. The summed E-state index contributed by atoms with van der Waals surface area (Å²) in [6.07, 6.45) is 6.18. The Kier molecular flexibility index (Phi) is 7.04. The number of rotatable bonds is 9. The molecule has 1 aromatic heterocycles. The molecule has 4 nitrogen and oxygen atoms in total. The molecule has 0 saturated carbocycles. The summed E-state index contributed by atoms with van der Waals surface area (Å²) in [5, 5.41) is 4.25. The van der Waals surface area contributed by atoms with Gasteiger partial charge in [-0.2, -0.15) is 0 Å². The first-order chi connectivity index (χ1) is 13.6. The molecule has 0 aliphatic heterocycles. The van der Waals surface area contributed by atoms with Crippen molar-refractivity contribution in [2.24, 2.45) is 0 Å².